The average Bonchev–Trinajstić information content (AvgIpc) is 3.35. The van der Waals surface area contributed by atoms with Crippen molar-refractivity contribution in [3.05, 3.63) is 29.7 Å². The quantitative estimate of drug-likeness (QED) is 0.859. The standard InChI is InChI=1S/C19H21FN2O3/c20-13-3-4-16-14(9-13)15(21-25-16)10-17(23)22-11-19(5-7-24-8-6-19)18(22)12-1-2-12/h3-4,9,12,18H,1-2,5-8,10-11H2. The summed E-state index contributed by atoms with van der Waals surface area (Å²) >= 11 is 0. The van der Waals surface area contributed by atoms with Crippen LogP contribution in [0.25, 0.3) is 11.0 Å². The van der Waals surface area contributed by atoms with Crippen molar-refractivity contribution in [1.29, 1.82) is 0 Å². The highest BCUT2D eigenvalue weighted by Crippen LogP contribution is 2.55. The van der Waals surface area contributed by atoms with Gasteiger partial charge in [-0.25, -0.2) is 4.39 Å². The fourth-order valence-electron chi connectivity index (χ4n) is 4.72. The van der Waals surface area contributed by atoms with Gasteiger partial charge >= 0.3 is 0 Å². The lowest BCUT2D eigenvalue weighted by Gasteiger charge is -2.59. The molecule has 25 heavy (non-hydrogen) atoms. The van der Waals surface area contributed by atoms with Crippen molar-refractivity contribution in [3.8, 4) is 0 Å². The van der Waals surface area contributed by atoms with E-state index < -0.39 is 0 Å². The van der Waals surface area contributed by atoms with Crippen molar-refractivity contribution < 1.29 is 18.4 Å². The van der Waals surface area contributed by atoms with Gasteiger partial charge in [0.15, 0.2) is 5.58 Å². The van der Waals surface area contributed by atoms with Crippen LogP contribution in [0.15, 0.2) is 22.7 Å². The van der Waals surface area contributed by atoms with Gasteiger partial charge in [-0.15, -0.1) is 0 Å². The first-order chi connectivity index (χ1) is 12.2. The predicted octanol–water partition coefficient (Wildman–Crippen LogP) is 2.93. The summed E-state index contributed by atoms with van der Waals surface area (Å²) in [6.07, 6.45) is 4.71. The molecule has 132 valence electrons. The second kappa shape index (κ2) is 5.53. The molecule has 1 amide bonds. The van der Waals surface area contributed by atoms with Crippen LogP contribution in [0.3, 0.4) is 0 Å². The lowest BCUT2D eigenvalue weighted by molar-refractivity contribution is -0.170. The largest absolute Gasteiger partial charge is 0.381 e. The zero-order valence-electron chi connectivity index (χ0n) is 14.0. The lowest BCUT2D eigenvalue weighted by atomic mass is 9.64. The van der Waals surface area contributed by atoms with E-state index in [-0.39, 0.29) is 23.6 Å². The minimum atomic E-state index is -0.342. The average molecular weight is 344 g/mol. The molecule has 1 atom stereocenters. The summed E-state index contributed by atoms with van der Waals surface area (Å²) in [6.45, 7) is 2.43. The van der Waals surface area contributed by atoms with Crippen LogP contribution >= 0.6 is 0 Å². The topological polar surface area (TPSA) is 55.6 Å². The maximum absolute atomic E-state index is 13.5. The number of hydrogen-bond acceptors (Lipinski definition) is 4. The second-order valence-electron chi connectivity index (χ2n) is 7.73. The molecule has 5 rings (SSSR count). The summed E-state index contributed by atoms with van der Waals surface area (Å²) in [6, 6.07) is 4.63. The molecule has 1 aromatic carbocycles. The van der Waals surface area contributed by atoms with E-state index in [2.05, 4.69) is 5.16 Å². The number of likely N-dealkylation sites (tertiary alicyclic amines) is 1. The Balaban J connectivity index is 1.36. The summed E-state index contributed by atoms with van der Waals surface area (Å²) in [7, 11) is 0. The molecule has 1 spiro atoms. The Morgan fingerprint density at radius 3 is 2.88 bits per heavy atom. The number of hydrogen-bond donors (Lipinski definition) is 0. The van der Waals surface area contributed by atoms with Crippen LogP contribution in [0.5, 0.6) is 0 Å². The Bertz CT molecular complexity index is 823. The molecule has 0 N–H and O–H groups in total. The highest BCUT2D eigenvalue weighted by Gasteiger charge is 2.59. The minimum absolute atomic E-state index is 0.0773. The van der Waals surface area contributed by atoms with Gasteiger partial charge in [0.2, 0.25) is 5.91 Å². The summed E-state index contributed by atoms with van der Waals surface area (Å²) in [4.78, 5) is 14.9. The monoisotopic (exact) mass is 344 g/mol. The zero-order chi connectivity index (χ0) is 17.0. The molecule has 5 nitrogen and oxygen atoms in total. The molecule has 1 unspecified atom stereocenters. The molecule has 0 bridgehead atoms. The molecule has 3 aliphatic rings. The van der Waals surface area contributed by atoms with Crippen LogP contribution < -0.4 is 0 Å². The van der Waals surface area contributed by atoms with E-state index in [4.69, 9.17) is 9.26 Å². The van der Waals surface area contributed by atoms with E-state index in [1.165, 1.54) is 25.0 Å². The molecule has 3 fully saturated rings. The van der Waals surface area contributed by atoms with Crippen LogP contribution in [-0.4, -0.2) is 41.8 Å². The number of carbonyl (C=O) groups is 1. The van der Waals surface area contributed by atoms with Gasteiger partial charge in [-0.3, -0.25) is 4.79 Å². The maximum Gasteiger partial charge on any atom is 0.229 e. The first kappa shape index (κ1) is 15.3. The summed E-state index contributed by atoms with van der Waals surface area (Å²) in [5.74, 6) is 0.376. The fraction of sp³-hybridized carbons (Fsp3) is 0.579. The SMILES string of the molecule is O=C(Cc1noc2ccc(F)cc12)N1CC2(CCOCC2)C1C1CC1. The van der Waals surface area contributed by atoms with E-state index in [1.807, 2.05) is 4.90 Å². The van der Waals surface area contributed by atoms with Gasteiger partial charge in [0.25, 0.3) is 0 Å². The van der Waals surface area contributed by atoms with Crippen LogP contribution in [0, 0.1) is 17.2 Å². The summed E-state index contributed by atoms with van der Waals surface area (Å²) in [5.41, 5.74) is 1.31. The Kier molecular flexibility index (Phi) is 3.39. The molecule has 1 saturated carbocycles. The molecule has 2 aliphatic heterocycles. The molecule has 2 saturated heterocycles. The Labute approximate surface area is 145 Å². The summed E-state index contributed by atoms with van der Waals surface area (Å²) < 4.78 is 24.3. The van der Waals surface area contributed by atoms with Gasteiger partial charge in [-0.1, -0.05) is 5.16 Å². The third-order valence-corrected chi connectivity index (χ3v) is 6.15. The molecule has 3 heterocycles. The number of carbonyl (C=O) groups excluding carboxylic acids is 1. The van der Waals surface area contributed by atoms with Crippen molar-refractivity contribution >= 4 is 16.9 Å². The summed E-state index contributed by atoms with van der Waals surface area (Å²) in [5, 5.41) is 4.59. The fourth-order valence-corrected chi connectivity index (χ4v) is 4.72. The van der Waals surface area contributed by atoms with Crippen LogP contribution in [0.4, 0.5) is 4.39 Å². The number of nitrogens with zero attached hydrogens (tertiary/aromatic N) is 2. The van der Waals surface area contributed by atoms with Gasteiger partial charge in [0.05, 0.1) is 6.42 Å². The Morgan fingerprint density at radius 2 is 2.12 bits per heavy atom. The zero-order valence-corrected chi connectivity index (χ0v) is 14.0. The van der Waals surface area contributed by atoms with Crippen molar-refractivity contribution in [2.45, 2.75) is 38.1 Å². The van der Waals surface area contributed by atoms with Crippen molar-refractivity contribution in [2.75, 3.05) is 19.8 Å². The van der Waals surface area contributed by atoms with E-state index in [0.29, 0.717) is 28.6 Å². The van der Waals surface area contributed by atoms with Crippen molar-refractivity contribution in [2.24, 2.45) is 11.3 Å². The predicted molar refractivity (Wildman–Crippen MR) is 88.4 cm³/mol. The molecular weight excluding hydrogens is 323 g/mol. The van der Waals surface area contributed by atoms with Crippen molar-refractivity contribution in [1.82, 2.24) is 10.1 Å². The third-order valence-electron chi connectivity index (χ3n) is 6.15. The number of halogens is 1. The molecule has 0 radical (unpaired) electrons. The number of benzene rings is 1. The number of amides is 1. The highest BCUT2D eigenvalue weighted by molar-refractivity contribution is 5.87. The smallest absolute Gasteiger partial charge is 0.229 e. The van der Waals surface area contributed by atoms with Gasteiger partial charge in [-0.05, 0) is 49.8 Å². The minimum Gasteiger partial charge on any atom is -0.381 e. The van der Waals surface area contributed by atoms with E-state index >= 15 is 0 Å². The van der Waals surface area contributed by atoms with Crippen LogP contribution in [-0.2, 0) is 16.0 Å². The Hall–Kier alpha value is -1.95. The van der Waals surface area contributed by atoms with Gasteiger partial charge in [-0.2, -0.15) is 0 Å². The molecule has 2 aromatic rings. The number of rotatable bonds is 3. The van der Waals surface area contributed by atoms with Gasteiger partial charge in [0, 0.05) is 36.6 Å². The van der Waals surface area contributed by atoms with Gasteiger partial charge in [0.1, 0.15) is 11.5 Å². The first-order valence-corrected chi connectivity index (χ1v) is 9.07. The number of fused-ring (bicyclic) bond motifs is 1. The second-order valence-corrected chi connectivity index (χ2v) is 7.73. The number of ether oxygens (including phenoxy) is 1. The van der Waals surface area contributed by atoms with Crippen LogP contribution in [0.2, 0.25) is 0 Å². The molecule has 1 aliphatic carbocycles. The number of aromatic nitrogens is 1. The maximum atomic E-state index is 13.5. The van der Waals surface area contributed by atoms with E-state index in [1.54, 1.807) is 6.07 Å². The van der Waals surface area contributed by atoms with Crippen LogP contribution in [0.1, 0.15) is 31.4 Å². The van der Waals surface area contributed by atoms with Crippen molar-refractivity contribution in [3.63, 3.8) is 0 Å². The van der Waals surface area contributed by atoms with E-state index in [9.17, 15) is 9.18 Å². The van der Waals surface area contributed by atoms with Gasteiger partial charge < -0.3 is 14.2 Å². The third kappa shape index (κ3) is 2.46. The molecule has 1 aromatic heterocycles. The highest BCUT2D eigenvalue weighted by atomic mass is 19.1. The normalized spacial score (nSPS) is 25.3. The molecule has 6 heteroatoms. The molecular formula is C19H21FN2O3. The first-order valence-electron chi connectivity index (χ1n) is 9.07. The Morgan fingerprint density at radius 1 is 1.32 bits per heavy atom. The van der Waals surface area contributed by atoms with E-state index in [0.717, 1.165) is 32.6 Å². The lowest BCUT2D eigenvalue weighted by Crippen LogP contribution is -2.68.